The molecule has 2 N–H and O–H groups in total. The summed E-state index contributed by atoms with van der Waals surface area (Å²) in [5.74, 6) is 0.141. The first-order valence-corrected chi connectivity index (χ1v) is 12.3. The zero-order valence-electron chi connectivity index (χ0n) is 18.3. The van der Waals surface area contributed by atoms with Gasteiger partial charge in [0.25, 0.3) is 10.0 Å². The van der Waals surface area contributed by atoms with Crippen LogP contribution in [0.5, 0.6) is 5.75 Å². The van der Waals surface area contributed by atoms with Gasteiger partial charge in [-0.25, -0.2) is 8.42 Å². The Hall–Kier alpha value is -3.40. The Bertz CT molecular complexity index is 1180. The first kappa shape index (κ1) is 22.8. The van der Waals surface area contributed by atoms with Gasteiger partial charge < -0.3 is 15.0 Å². The summed E-state index contributed by atoms with van der Waals surface area (Å²) in [5.41, 5.74) is 1.05. The maximum atomic E-state index is 12.8. The Balaban J connectivity index is 1.41. The van der Waals surface area contributed by atoms with E-state index in [1.54, 1.807) is 41.3 Å². The first-order valence-electron chi connectivity index (χ1n) is 10.9. The van der Waals surface area contributed by atoms with Gasteiger partial charge in [0.1, 0.15) is 11.6 Å². The third kappa shape index (κ3) is 5.33. The van der Waals surface area contributed by atoms with Gasteiger partial charge in [0.15, 0.2) is 0 Å². The number of amides is 2. The highest BCUT2D eigenvalue weighted by Gasteiger charge is 2.35. The van der Waals surface area contributed by atoms with E-state index in [4.69, 9.17) is 4.74 Å². The van der Waals surface area contributed by atoms with Crippen molar-refractivity contribution < 1.29 is 22.7 Å². The van der Waals surface area contributed by atoms with Gasteiger partial charge in [-0.2, -0.15) is 0 Å². The van der Waals surface area contributed by atoms with Gasteiger partial charge in [-0.3, -0.25) is 19.3 Å². The molecule has 33 heavy (non-hydrogen) atoms. The van der Waals surface area contributed by atoms with Crippen LogP contribution < -0.4 is 19.7 Å². The van der Waals surface area contributed by atoms with E-state index in [1.807, 2.05) is 6.92 Å². The van der Waals surface area contributed by atoms with E-state index in [0.717, 1.165) is 6.42 Å². The molecule has 2 amide bonds. The van der Waals surface area contributed by atoms with E-state index in [9.17, 15) is 18.0 Å². The standard InChI is InChI=1S/C23H26N4O5S/c1-2-32-19-10-8-18(9-11-19)27-15-16(13-22(27)28)23(29)25-17-5-3-6-20(14-17)33(30,31)26-21-7-4-12-24-21/h3,5-6,8-11,14,16H,2,4,7,12-13,15H2,1H3,(H,24,26)(H,25,29)/t16-/m0/s1. The number of nitrogens with zero attached hydrogens (tertiary/aromatic N) is 2. The number of anilines is 2. The molecule has 4 rings (SSSR count). The van der Waals surface area contributed by atoms with E-state index >= 15 is 0 Å². The molecule has 2 aromatic carbocycles. The quantitative estimate of drug-likeness (QED) is 0.645. The average molecular weight is 471 g/mol. The summed E-state index contributed by atoms with van der Waals surface area (Å²) in [6.07, 6.45) is 1.50. The van der Waals surface area contributed by atoms with Crippen molar-refractivity contribution in [3.05, 3.63) is 48.5 Å². The first-order chi connectivity index (χ1) is 15.9. The Morgan fingerprint density at radius 1 is 1.21 bits per heavy atom. The van der Waals surface area contributed by atoms with Crippen molar-refractivity contribution in [2.45, 2.75) is 31.1 Å². The van der Waals surface area contributed by atoms with E-state index < -0.39 is 15.9 Å². The lowest BCUT2D eigenvalue weighted by molar-refractivity contribution is -0.122. The third-order valence-corrected chi connectivity index (χ3v) is 6.87. The topological polar surface area (TPSA) is 117 Å². The van der Waals surface area contributed by atoms with Crippen LogP contribution >= 0.6 is 0 Å². The fraction of sp³-hybridized carbons (Fsp3) is 0.348. The minimum atomic E-state index is -3.79. The van der Waals surface area contributed by atoms with Gasteiger partial charge in [0.05, 0.1) is 17.4 Å². The Morgan fingerprint density at radius 2 is 2.00 bits per heavy atom. The van der Waals surface area contributed by atoms with Crippen LogP contribution in [0.4, 0.5) is 11.4 Å². The maximum Gasteiger partial charge on any atom is 0.262 e. The van der Waals surface area contributed by atoms with Crippen LogP contribution in [0.25, 0.3) is 0 Å². The lowest BCUT2D eigenvalue weighted by Gasteiger charge is -2.17. The van der Waals surface area contributed by atoms with Crippen LogP contribution in [-0.4, -0.2) is 45.8 Å². The van der Waals surface area contributed by atoms with Gasteiger partial charge in [-0.1, -0.05) is 6.07 Å². The molecule has 0 aliphatic carbocycles. The predicted octanol–water partition coefficient (Wildman–Crippen LogP) is 2.55. The van der Waals surface area contributed by atoms with Crippen LogP contribution in [-0.2, 0) is 19.6 Å². The largest absolute Gasteiger partial charge is 0.494 e. The number of carbonyl (C=O) groups excluding carboxylic acids is 2. The third-order valence-electron chi connectivity index (χ3n) is 5.49. The second-order valence-electron chi connectivity index (χ2n) is 7.89. The van der Waals surface area contributed by atoms with Crippen LogP contribution in [0.2, 0.25) is 0 Å². The molecule has 0 bridgehead atoms. The molecule has 2 aliphatic heterocycles. The van der Waals surface area contributed by atoms with Gasteiger partial charge >= 0.3 is 0 Å². The van der Waals surface area contributed by atoms with E-state index in [-0.39, 0.29) is 29.7 Å². The van der Waals surface area contributed by atoms with E-state index in [1.165, 1.54) is 12.1 Å². The highest BCUT2D eigenvalue weighted by molar-refractivity contribution is 7.90. The molecule has 0 radical (unpaired) electrons. The monoisotopic (exact) mass is 470 g/mol. The predicted molar refractivity (Wildman–Crippen MR) is 125 cm³/mol. The Morgan fingerprint density at radius 3 is 2.70 bits per heavy atom. The Kier molecular flexibility index (Phi) is 6.64. The number of carbonyl (C=O) groups is 2. The van der Waals surface area contributed by atoms with Gasteiger partial charge in [-0.05, 0) is 55.8 Å². The van der Waals surface area contributed by atoms with Gasteiger partial charge in [-0.15, -0.1) is 0 Å². The number of hydrogen-bond acceptors (Lipinski definition) is 6. The summed E-state index contributed by atoms with van der Waals surface area (Å²) < 4.78 is 33.2. The summed E-state index contributed by atoms with van der Waals surface area (Å²) >= 11 is 0. The highest BCUT2D eigenvalue weighted by Crippen LogP contribution is 2.28. The average Bonchev–Trinajstić information content (AvgIpc) is 3.44. The molecule has 174 valence electrons. The lowest BCUT2D eigenvalue weighted by atomic mass is 10.1. The number of benzene rings is 2. The summed E-state index contributed by atoms with van der Waals surface area (Å²) in [6, 6.07) is 13.2. The van der Waals surface area contributed by atoms with Crippen molar-refractivity contribution in [3.63, 3.8) is 0 Å². The van der Waals surface area contributed by atoms with Crippen molar-refractivity contribution in [1.82, 2.24) is 4.72 Å². The molecule has 2 aliphatic rings. The number of ether oxygens (including phenoxy) is 1. The van der Waals surface area contributed by atoms with Crippen molar-refractivity contribution in [3.8, 4) is 5.75 Å². The van der Waals surface area contributed by atoms with Crippen molar-refractivity contribution >= 4 is 39.0 Å². The van der Waals surface area contributed by atoms with Gasteiger partial charge in [0.2, 0.25) is 11.8 Å². The van der Waals surface area contributed by atoms with Crippen molar-refractivity contribution in [2.24, 2.45) is 10.9 Å². The summed E-state index contributed by atoms with van der Waals surface area (Å²) in [4.78, 5) is 31.1. The molecule has 0 spiro atoms. The van der Waals surface area contributed by atoms with Crippen molar-refractivity contribution in [2.75, 3.05) is 29.9 Å². The number of nitrogens with one attached hydrogen (secondary N) is 2. The van der Waals surface area contributed by atoms with Crippen LogP contribution in [0, 0.1) is 5.92 Å². The van der Waals surface area contributed by atoms with E-state index in [2.05, 4.69) is 15.0 Å². The summed E-state index contributed by atoms with van der Waals surface area (Å²) in [7, 11) is -3.79. The zero-order chi connectivity index (χ0) is 23.4. The number of rotatable bonds is 7. The SMILES string of the molecule is CCOc1ccc(N2C[C@@H](C(=O)Nc3cccc(S(=O)(=O)NC4=NCCC4)c3)CC2=O)cc1. The molecule has 0 saturated carbocycles. The molecule has 2 heterocycles. The number of aliphatic imine (C=N–C) groups is 1. The second-order valence-corrected chi connectivity index (χ2v) is 9.57. The van der Waals surface area contributed by atoms with Crippen LogP contribution in [0.15, 0.2) is 58.4 Å². The molecular formula is C23H26N4O5S. The van der Waals surface area contributed by atoms with E-state index in [0.29, 0.717) is 42.5 Å². The minimum absolute atomic E-state index is 0.0356. The molecule has 1 fully saturated rings. The zero-order valence-corrected chi connectivity index (χ0v) is 19.1. The summed E-state index contributed by atoms with van der Waals surface area (Å²) in [5, 5.41) is 2.75. The molecule has 1 saturated heterocycles. The maximum absolute atomic E-state index is 12.8. The molecular weight excluding hydrogens is 444 g/mol. The minimum Gasteiger partial charge on any atom is -0.494 e. The molecule has 9 nitrogen and oxygen atoms in total. The normalized spacial score (nSPS) is 18.2. The number of sulfonamides is 1. The fourth-order valence-corrected chi connectivity index (χ4v) is 4.98. The molecule has 0 aromatic heterocycles. The fourth-order valence-electron chi connectivity index (χ4n) is 3.84. The highest BCUT2D eigenvalue weighted by atomic mass is 32.2. The number of amidine groups is 1. The van der Waals surface area contributed by atoms with Crippen LogP contribution in [0.1, 0.15) is 26.2 Å². The lowest BCUT2D eigenvalue weighted by Crippen LogP contribution is -2.29. The molecule has 1 atom stereocenters. The molecule has 2 aromatic rings. The van der Waals surface area contributed by atoms with Crippen LogP contribution in [0.3, 0.4) is 0 Å². The molecule has 0 unspecified atom stereocenters. The molecule has 10 heteroatoms. The smallest absolute Gasteiger partial charge is 0.262 e. The number of hydrogen-bond donors (Lipinski definition) is 2. The summed E-state index contributed by atoms with van der Waals surface area (Å²) in [6.45, 7) is 3.31. The van der Waals surface area contributed by atoms with Crippen molar-refractivity contribution in [1.29, 1.82) is 0 Å². The second kappa shape index (κ2) is 9.62. The van der Waals surface area contributed by atoms with Gasteiger partial charge in [0, 0.05) is 37.3 Å². The Labute approximate surface area is 192 Å².